The van der Waals surface area contributed by atoms with E-state index in [9.17, 15) is 14.0 Å². The van der Waals surface area contributed by atoms with Crippen LogP contribution < -0.4 is 0 Å². The smallest absolute Gasteiger partial charge is 0.409 e. The quantitative estimate of drug-likeness (QED) is 0.706. The molecule has 8 nitrogen and oxygen atoms in total. The Balaban J connectivity index is 1.53. The van der Waals surface area contributed by atoms with Crippen molar-refractivity contribution >= 4 is 23.8 Å². The van der Waals surface area contributed by atoms with Crippen LogP contribution in [0.2, 0.25) is 0 Å². The molecule has 10 heteroatoms. The number of thioether (sulfide) groups is 1. The standard InChI is InChI=1S/C18H22FN5O3S/c1-3-27-18(26)24-10-8-23(9-11-24)15(25)12-28-17-21-20-16(22(17)2)13-4-6-14(19)7-5-13/h4-7H,3,8-12H2,1-2H3. The predicted octanol–water partition coefficient (Wildman–Crippen LogP) is 2.01. The second-order valence-corrected chi connectivity index (χ2v) is 7.17. The summed E-state index contributed by atoms with van der Waals surface area (Å²) in [5, 5.41) is 8.88. The highest BCUT2D eigenvalue weighted by molar-refractivity contribution is 7.99. The van der Waals surface area contributed by atoms with Gasteiger partial charge in [0, 0.05) is 38.8 Å². The van der Waals surface area contributed by atoms with Crippen molar-refractivity contribution in [2.75, 3.05) is 38.5 Å². The highest BCUT2D eigenvalue weighted by Gasteiger charge is 2.25. The fourth-order valence-electron chi connectivity index (χ4n) is 2.86. The number of rotatable bonds is 5. The molecule has 0 aliphatic carbocycles. The summed E-state index contributed by atoms with van der Waals surface area (Å²) in [6.45, 7) is 4.01. The molecule has 1 fully saturated rings. The second kappa shape index (κ2) is 9.05. The number of hydrogen-bond donors (Lipinski definition) is 0. The maximum atomic E-state index is 13.1. The SMILES string of the molecule is CCOC(=O)N1CCN(C(=O)CSc2nnc(-c3ccc(F)cc3)n2C)CC1. The summed E-state index contributed by atoms with van der Waals surface area (Å²) in [5.41, 5.74) is 0.754. The van der Waals surface area contributed by atoms with E-state index in [-0.39, 0.29) is 23.6 Å². The topological polar surface area (TPSA) is 80.6 Å². The van der Waals surface area contributed by atoms with Crippen molar-refractivity contribution in [3.8, 4) is 11.4 Å². The lowest BCUT2D eigenvalue weighted by Crippen LogP contribution is -2.51. The lowest BCUT2D eigenvalue weighted by atomic mass is 10.2. The lowest BCUT2D eigenvalue weighted by Gasteiger charge is -2.34. The third-order valence-electron chi connectivity index (χ3n) is 4.42. The average Bonchev–Trinajstić information content (AvgIpc) is 3.07. The Bertz CT molecular complexity index is 834. The zero-order valence-corrected chi connectivity index (χ0v) is 16.6. The van der Waals surface area contributed by atoms with E-state index >= 15 is 0 Å². The minimum absolute atomic E-state index is 0.0140. The molecular weight excluding hydrogens is 385 g/mol. The number of amides is 2. The summed E-state index contributed by atoms with van der Waals surface area (Å²) in [5.74, 6) is 0.515. The van der Waals surface area contributed by atoms with E-state index in [1.165, 1.54) is 23.9 Å². The third-order valence-corrected chi connectivity index (χ3v) is 5.43. The van der Waals surface area contributed by atoms with Gasteiger partial charge in [0.15, 0.2) is 11.0 Å². The molecule has 0 radical (unpaired) electrons. The normalized spacial score (nSPS) is 14.2. The van der Waals surface area contributed by atoms with Gasteiger partial charge in [-0.2, -0.15) is 0 Å². The van der Waals surface area contributed by atoms with Crippen molar-refractivity contribution in [1.29, 1.82) is 0 Å². The van der Waals surface area contributed by atoms with Crippen LogP contribution in [0.5, 0.6) is 0 Å². The molecular formula is C18H22FN5O3S. The molecule has 0 unspecified atom stereocenters. The van der Waals surface area contributed by atoms with Crippen molar-refractivity contribution in [1.82, 2.24) is 24.6 Å². The maximum absolute atomic E-state index is 13.1. The maximum Gasteiger partial charge on any atom is 0.409 e. The average molecular weight is 407 g/mol. The largest absolute Gasteiger partial charge is 0.450 e. The van der Waals surface area contributed by atoms with Gasteiger partial charge < -0.3 is 19.1 Å². The van der Waals surface area contributed by atoms with E-state index in [1.54, 1.807) is 33.4 Å². The Morgan fingerprint density at radius 2 is 1.75 bits per heavy atom. The van der Waals surface area contributed by atoms with Crippen LogP contribution in [0.4, 0.5) is 9.18 Å². The van der Waals surface area contributed by atoms with Crippen molar-refractivity contribution in [2.24, 2.45) is 7.05 Å². The van der Waals surface area contributed by atoms with Crippen molar-refractivity contribution in [3.05, 3.63) is 30.1 Å². The summed E-state index contributed by atoms with van der Waals surface area (Å²) in [7, 11) is 1.81. The zero-order valence-electron chi connectivity index (χ0n) is 15.8. The van der Waals surface area contributed by atoms with Gasteiger partial charge in [0.25, 0.3) is 0 Å². The lowest BCUT2D eigenvalue weighted by molar-refractivity contribution is -0.129. The van der Waals surface area contributed by atoms with Gasteiger partial charge >= 0.3 is 6.09 Å². The van der Waals surface area contributed by atoms with Gasteiger partial charge in [0.1, 0.15) is 5.82 Å². The molecule has 1 aliphatic rings. The number of nitrogens with zero attached hydrogens (tertiary/aromatic N) is 5. The molecule has 150 valence electrons. The first-order valence-corrected chi connectivity index (χ1v) is 9.95. The molecule has 0 saturated carbocycles. The minimum atomic E-state index is -0.337. The number of aromatic nitrogens is 3. The van der Waals surface area contributed by atoms with Crippen molar-refractivity contribution in [3.63, 3.8) is 0 Å². The Kier molecular flexibility index (Phi) is 6.50. The molecule has 2 amide bonds. The molecule has 0 spiro atoms. The molecule has 28 heavy (non-hydrogen) atoms. The zero-order chi connectivity index (χ0) is 20.1. The molecule has 0 atom stereocenters. The van der Waals surface area contributed by atoms with Crippen LogP contribution >= 0.6 is 11.8 Å². The monoisotopic (exact) mass is 407 g/mol. The number of carbonyl (C=O) groups is 2. The fraction of sp³-hybridized carbons (Fsp3) is 0.444. The van der Waals surface area contributed by atoms with Gasteiger partial charge in [0.05, 0.1) is 12.4 Å². The molecule has 2 aromatic rings. The molecule has 0 N–H and O–H groups in total. The van der Waals surface area contributed by atoms with Gasteiger partial charge in [-0.05, 0) is 31.2 Å². The molecule has 0 bridgehead atoms. The van der Waals surface area contributed by atoms with Crippen LogP contribution in [0.25, 0.3) is 11.4 Å². The van der Waals surface area contributed by atoms with Crippen LogP contribution in [0.1, 0.15) is 6.92 Å². The summed E-state index contributed by atoms with van der Waals surface area (Å²) in [6.07, 6.45) is -0.337. The van der Waals surface area contributed by atoms with E-state index in [2.05, 4.69) is 10.2 Å². The van der Waals surface area contributed by atoms with Gasteiger partial charge in [-0.3, -0.25) is 4.79 Å². The van der Waals surface area contributed by atoms with Crippen LogP contribution in [-0.2, 0) is 16.6 Å². The predicted molar refractivity (Wildman–Crippen MR) is 102 cm³/mol. The number of carbonyl (C=O) groups excluding carboxylic acids is 2. The first-order chi connectivity index (χ1) is 13.5. The number of hydrogen-bond acceptors (Lipinski definition) is 6. The second-order valence-electron chi connectivity index (χ2n) is 6.23. The van der Waals surface area contributed by atoms with Crippen LogP contribution in [0.3, 0.4) is 0 Å². The highest BCUT2D eigenvalue weighted by Crippen LogP contribution is 2.23. The van der Waals surface area contributed by atoms with Gasteiger partial charge in [-0.15, -0.1) is 10.2 Å². The molecule has 1 saturated heterocycles. The van der Waals surface area contributed by atoms with Gasteiger partial charge in [-0.25, -0.2) is 9.18 Å². The van der Waals surface area contributed by atoms with Crippen molar-refractivity contribution in [2.45, 2.75) is 12.1 Å². The number of benzene rings is 1. The van der Waals surface area contributed by atoms with E-state index < -0.39 is 0 Å². The summed E-state index contributed by atoms with van der Waals surface area (Å²) in [6, 6.07) is 6.02. The number of piperazine rings is 1. The molecule has 1 aliphatic heterocycles. The molecule has 1 aromatic heterocycles. The summed E-state index contributed by atoms with van der Waals surface area (Å²) < 4.78 is 19.8. The Morgan fingerprint density at radius 3 is 2.39 bits per heavy atom. The first kappa shape index (κ1) is 20.1. The van der Waals surface area contributed by atoms with Gasteiger partial charge in [-0.1, -0.05) is 11.8 Å². The van der Waals surface area contributed by atoms with E-state index in [0.29, 0.717) is 43.8 Å². The van der Waals surface area contributed by atoms with Gasteiger partial charge in [0.2, 0.25) is 5.91 Å². The number of ether oxygens (including phenoxy) is 1. The molecule has 2 heterocycles. The number of halogens is 1. The third kappa shape index (κ3) is 4.61. The van der Waals surface area contributed by atoms with Crippen LogP contribution in [0, 0.1) is 5.82 Å². The first-order valence-electron chi connectivity index (χ1n) is 8.97. The van der Waals surface area contributed by atoms with Crippen molar-refractivity contribution < 1.29 is 18.7 Å². The Labute approximate surface area is 166 Å². The molecule has 3 rings (SSSR count). The highest BCUT2D eigenvalue weighted by atomic mass is 32.2. The summed E-state index contributed by atoms with van der Waals surface area (Å²) >= 11 is 1.30. The van der Waals surface area contributed by atoms with E-state index in [4.69, 9.17) is 4.74 Å². The van der Waals surface area contributed by atoms with E-state index in [1.807, 2.05) is 7.05 Å². The molecule has 1 aromatic carbocycles. The summed E-state index contributed by atoms with van der Waals surface area (Å²) in [4.78, 5) is 27.5. The fourth-order valence-corrected chi connectivity index (χ4v) is 3.68. The van der Waals surface area contributed by atoms with Crippen LogP contribution in [0.15, 0.2) is 29.4 Å². The Morgan fingerprint density at radius 1 is 1.11 bits per heavy atom. The van der Waals surface area contributed by atoms with Crippen LogP contribution in [-0.4, -0.2) is 75.1 Å². The van der Waals surface area contributed by atoms with E-state index in [0.717, 1.165) is 5.56 Å². The minimum Gasteiger partial charge on any atom is -0.450 e. The Hall–Kier alpha value is -2.62.